The van der Waals surface area contributed by atoms with Gasteiger partial charge in [0.05, 0.1) is 30.1 Å². The smallest absolute Gasteiger partial charge is 0.311 e. The summed E-state index contributed by atoms with van der Waals surface area (Å²) >= 11 is 0. The van der Waals surface area contributed by atoms with E-state index >= 15 is 0 Å². The zero-order valence-corrected chi connectivity index (χ0v) is 11.6. The Labute approximate surface area is 120 Å². The molecule has 1 N–H and O–H groups in total. The highest BCUT2D eigenvalue weighted by atomic mass is 16.6. The lowest BCUT2D eigenvalue weighted by Crippen LogP contribution is -2.03. The first-order valence-corrected chi connectivity index (χ1v) is 6.08. The zero-order chi connectivity index (χ0) is 15.2. The number of hydrogen-bond donors (Lipinski definition) is 1. The number of nitro benzene ring substituents is 1. The van der Waals surface area contributed by atoms with Crippen LogP contribution in [0.25, 0.3) is 0 Å². The summed E-state index contributed by atoms with van der Waals surface area (Å²) in [5.74, 6) is 1.23. The predicted molar refractivity (Wildman–Crippen MR) is 75.6 cm³/mol. The average Bonchev–Trinajstić information content (AvgIpc) is 2.52. The van der Waals surface area contributed by atoms with Crippen LogP contribution in [0.1, 0.15) is 5.69 Å². The lowest BCUT2D eigenvalue weighted by atomic mass is 10.3. The highest BCUT2D eigenvalue weighted by Gasteiger charge is 2.16. The van der Waals surface area contributed by atoms with E-state index in [0.717, 1.165) is 0 Å². The Balaban J connectivity index is 2.15. The van der Waals surface area contributed by atoms with Gasteiger partial charge in [-0.15, -0.1) is 0 Å². The molecular formula is C13H14N4O4. The Bertz CT molecular complexity index is 631. The molecule has 0 spiro atoms. The molecule has 0 unspecified atom stereocenters. The van der Waals surface area contributed by atoms with Crippen LogP contribution in [-0.4, -0.2) is 29.0 Å². The first-order chi connectivity index (χ1) is 10.1. The average molecular weight is 290 g/mol. The number of anilines is 1. The largest absolute Gasteiger partial charge is 0.497 e. The summed E-state index contributed by atoms with van der Waals surface area (Å²) in [6.07, 6.45) is 3.09. The Hall–Kier alpha value is -2.90. The second kappa shape index (κ2) is 6.51. The molecule has 21 heavy (non-hydrogen) atoms. The van der Waals surface area contributed by atoms with Crippen molar-refractivity contribution in [3.63, 3.8) is 0 Å². The highest BCUT2D eigenvalue weighted by Crippen LogP contribution is 2.31. The molecule has 0 atom stereocenters. The van der Waals surface area contributed by atoms with Crippen LogP contribution >= 0.6 is 0 Å². The Morgan fingerprint density at radius 3 is 2.71 bits per heavy atom. The SMILES string of the molecule is CNc1cnc(COc2cc(OC)ccc2[N+](=O)[O-])cn1. The van der Waals surface area contributed by atoms with E-state index in [4.69, 9.17) is 9.47 Å². The second-order valence-corrected chi connectivity index (χ2v) is 4.02. The fraction of sp³-hybridized carbons (Fsp3) is 0.231. The van der Waals surface area contributed by atoms with Gasteiger partial charge in [0.25, 0.3) is 0 Å². The van der Waals surface area contributed by atoms with Gasteiger partial charge in [-0.1, -0.05) is 0 Å². The summed E-state index contributed by atoms with van der Waals surface area (Å²) in [4.78, 5) is 18.7. The molecule has 0 saturated carbocycles. The lowest BCUT2D eigenvalue weighted by Gasteiger charge is -2.08. The van der Waals surface area contributed by atoms with Gasteiger partial charge in [0.1, 0.15) is 18.2 Å². The van der Waals surface area contributed by atoms with Gasteiger partial charge in [-0.05, 0) is 6.07 Å². The van der Waals surface area contributed by atoms with Crippen molar-refractivity contribution < 1.29 is 14.4 Å². The predicted octanol–water partition coefficient (Wildman–Crippen LogP) is 2.01. The van der Waals surface area contributed by atoms with Crippen molar-refractivity contribution in [1.29, 1.82) is 0 Å². The molecule has 8 heteroatoms. The Morgan fingerprint density at radius 1 is 1.33 bits per heavy atom. The fourth-order valence-electron chi connectivity index (χ4n) is 1.60. The summed E-state index contributed by atoms with van der Waals surface area (Å²) in [6, 6.07) is 4.31. The molecule has 0 aliphatic carbocycles. The van der Waals surface area contributed by atoms with Gasteiger partial charge < -0.3 is 14.8 Å². The number of aromatic nitrogens is 2. The van der Waals surface area contributed by atoms with Gasteiger partial charge in [-0.3, -0.25) is 15.1 Å². The monoisotopic (exact) mass is 290 g/mol. The van der Waals surface area contributed by atoms with Crippen molar-refractivity contribution in [2.75, 3.05) is 19.5 Å². The van der Waals surface area contributed by atoms with Crippen molar-refractivity contribution in [3.8, 4) is 11.5 Å². The molecule has 2 rings (SSSR count). The quantitative estimate of drug-likeness (QED) is 0.641. The first-order valence-electron chi connectivity index (χ1n) is 6.08. The van der Waals surface area contributed by atoms with E-state index in [0.29, 0.717) is 17.3 Å². The standard InChI is InChI=1S/C13H14N4O4/c1-14-13-7-15-9(6-16-13)8-21-12-5-10(20-2)3-4-11(12)17(18)19/h3-7H,8H2,1-2H3,(H,14,16). The van der Waals surface area contributed by atoms with Crippen molar-refractivity contribution in [1.82, 2.24) is 9.97 Å². The van der Waals surface area contributed by atoms with Crippen LogP contribution in [0.3, 0.4) is 0 Å². The van der Waals surface area contributed by atoms with Crippen molar-refractivity contribution in [2.45, 2.75) is 6.61 Å². The molecule has 1 aromatic carbocycles. The summed E-state index contributed by atoms with van der Waals surface area (Å²) in [5, 5.41) is 13.8. The van der Waals surface area contributed by atoms with Gasteiger partial charge in [0.15, 0.2) is 0 Å². The van der Waals surface area contributed by atoms with Crippen LogP contribution < -0.4 is 14.8 Å². The molecular weight excluding hydrogens is 276 g/mol. The third-order valence-corrected chi connectivity index (χ3v) is 2.70. The third-order valence-electron chi connectivity index (χ3n) is 2.70. The van der Waals surface area contributed by atoms with E-state index < -0.39 is 4.92 Å². The van der Waals surface area contributed by atoms with Crippen LogP contribution in [0.2, 0.25) is 0 Å². The van der Waals surface area contributed by atoms with E-state index in [2.05, 4.69) is 15.3 Å². The van der Waals surface area contributed by atoms with E-state index in [-0.39, 0.29) is 18.0 Å². The lowest BCUT2D eigenvalue weighted by molar-refractivity contribution is -0.386. The number of hydrogen-bond acceptors (Lipinski definition) is 7. The number of ether oxygens (including phenoxy) is 2. The molecule has 1 aromatic heterocycles. The van der Waals surface area contributed by atoms with Crippen LogP contribution in [0.4, 0.5) is 11.5 Å². The number of nitrogens with zero attached hydrogens (tertiary/aromatic N) is 3. The van der Waals surface area contributed by atoms with E-state index in [9.17, 15) is 10.1 Å². The summed E-state index contributed by atoms with van der Waals surface area (Å²) in [5.41, 5.74) is 0.432. The number of nitrogens with one attached hydrogen (secondary N) is 1. The normalized spacial score (nSPS) is 10.0. The molecule has 0 bridgehead atoms. The van der Waals surface area contributed by atoms with Crippen LogP contribution in [-0.2, 0) is 6.61 Å². The minimum absolute atomic E-state index is 0.0744. The fourth-order valence-corrected chi connectivity index (χ4v) is 1.60. The first kappa shape index (κ1) is 14.5. The molecule has 2 aromatic rings. The maximum Gasteiger partial charge on any atom is 0.311 e. The van der Waals surface area contributed by atoms with Crippen LogP contribution in [0.15, 0.2) is 30.6 Å². The van der Waals surface area contributed by atoms with Crippen LogP contribution in [0, 0.1) is 10.1 Å². The maximum absolute atomic E-state index is 11.0. The molecule has 0 amide bonds. The van der Waals surface area contributed by atoms with Gasteiger partial charge in [-0.2, -0.15) is 0 Å². The maximum atomic E-state index is 11.0. The van der Waals surface area contributed by atoms with Gasteiger partial charge >= 0.3 is 5.69 Å². The Morgan fingerprint density at radius 2 is 2.14 bits per heavy atom. The molecule has 0 aliphatic rings. The minimum atomic E-state index is -0.509. The van der Waals surface area contributed by atoms with E-state index in [1.54, 1.807) is 13.2 Å². The number of rotatable bonds is 6. The topological polar surface area (TPSA) is 99.4 Å². The molecule has 1 heterocycles. The van der Waals surface area contributed by atoms with Crippen molar-refractivity contribution >= 4 is 11.5 Å². The van der Waals surface area contributed by atoms with Gasteiger partial charge in [0, 0.05) is 19.2 Å². The molecule has 0 saturated heterocycles. The summed E-state index contributed by atoms with van der Waals surface area (Å²) in [7, 11) is 3.21. The van der Waals surface area contributed by atoms with Crippen LogP contribution in [0.5, 0.6) is 11.5 Å². The number of nitro groups is 1. The van der Waals surface area contributed by atoms with E-state index in [1.807, 2.05) is 0 Å². The second-order valence-electron chi connectivity index (χ2n) is 4.02. The highest BCUT2D eigenvalue weighted by molar-refractivity contribution is 5.50. The van der Waals surface area contributed by atoms with Crippen molar-refractivity contribution in [3.05, 3.63) is 46.4 Å². The molecule has 0 fully saturated rings. The van der Waals surface area contributed by atoms with Gasteiger partial charge in [-0.25, -0.2) is 4.98 Å². The molecule has 0 aliphatic heterocycles. The summed E-state index contributed by atoms with van der Waals surface area (Å²) < 4.78 is 10.5. The molecule has 8 nitrogen and oxygen atoms in total. The Kier molecular flexibility index (Phi) is 4.50. The number of benzene rings is 1. The molecule has 110 valence electrons. The third kappa shape index (κ3) is 3.56. The van der Waals surface area contributed by atoms with E-state index in [1.165, 1.54) is 31.5 Å². The molecule has 0 radical (unpaired) electrons. The minimum Gasteiger partial charge on any atom is -0.497 e. The van der Waals surface area contributed by atoms with Gasteiger partial charge in [0.2, 0.25) is 5.75 Å². The zero-order valence-electron chi connectivity index (χ0n) is 11.6. The van der Waals surface area contributed by atoms with Crippen molar-refractivity contribution in [2.24, 2.45) is 0 Å². The number of methoxy groups -OCH3 is 1. The summed E-state index contributed by atoms with van der Waals surface area (Å²) in [6.45, 7) is 0.0744.